The molecule has 5 atom stereocenters. The molecule has 0 bridgehead atoms. The Hall–Kier alpha value is -2.65. The van der Waals surface area contributed by atoms with E-state index < -0.39 is 29.8 Å². The highest BCUT2D eigenvalue weighted by Crippen LogP contribution is 2.43. The van der Waals surface area contributed by atoms with Crippen LogP contribution in [0.3, 0.4) is 0 Å². The molecule has 180 valence electrons. The van der Waals surface area contributed by atoms with Crippen molar-refractivity contribution in [1.82, 2.24) is 20.9 Å². The number of carbonyl (C=O) groups is 3. The molecule has 2 saturated heterocycles. The number of hydrogen-bond acceptors (Lipinski definition) is 6. The van der Waals surface area contributed by atoms with Crippen LogP contribution < -0.4 is 20.7 Å². The number of para-hydroxylation sites is 1. The molecule has 4 rings (SSSR count). The van der Waals surface area contributed by atoms with Crippen molar-refractivity contribution in [3.05, 3.63) is 29.8 Å². The van der Waals surface area contributed by atoms with Gasteiger partial charge in [-0.3, -0.25) is 14.4 Å². The lowest BCUT2D eigenvalue weighted by atomic mass is 9.83. The SMILES string of the molecule is CN[C@@H](C)C(=O)N[C@H]1CCO[C@H]2CC(C)(C)[C@@H](C(=O)NC3CCOc4ccccc43)N2C1=O. The average Bonchev–Trinajstić information content (AvgIpc) is 2.99. The van der Waals surface area contributed by atoms with Gasteiger partial charge in [0, 0.05) is 18.4 Å². The number of carbonyl (C=O) groups excluding carboxylic acids is 3. The van der Waals surface area contributed by atoms with Crippen molar-refractivity contribution < 1.29 is 23.9 Å². The van der Waals surface area contributed by atoms with E-state index in [0.717, 1.165) is 11.3 Å². The number of hydrogen-bond donors (Lipinski definition) is 3. The molecule has 3 heterocycles. The van der Waals surface area contributed by atoms with E-state index >= 15 is 0 Å². The second kappa shape index (κ2) is 9.30. The third-order valence-corrected chi connectivity index (χ3v) is 6.96. The van der Waals surface area contributed by atoms with E-state index in [2.05, 4.69) is 16.0 Å². The molecule has 9 nitrogen and oxygen atoms in total. The predicted molar refractivity (Wildman–Crippen MR) is 121 cm³/mol. The Balaban J connectivity index is 1.56. The van der Waals surface area contributed by atoms with Gasteiger partial charge in [0.25, 0.3) is 0 Å². The Morgan fingerprint density at radius 1 is 1.12 bits per heavy atom. The van der Waals surface area contributed by atoms with Crippen molar-refractivity contribution in [1.29, 1.82) is 0 Å². The zero-order chi connectivity index (χ0) is 23.8. The topological polar surface area (TPSA) is 109 Å². The first-order chi connectivity index (χ1) is 15.7. The molecule has 0 saturated carbocycles. The van der Waals surface area contributed by atoms with Crippen LogP contribution in [-0.2, 0) is 19.1 Å². The molecule has 0 aromatic heterocycles. The normalized spacial score (nSPS) is 29.2. The molecular weight excluding hydrogens is 424 g/mol. The Labute approximate surface area is 194 Å². The lowest BCUT2D eigenvalue weighted by Crippen LogP contribution is -2.58. The molecular formula is C24H34N4O5. The first-order valence-corrected chi connectivity index (χ1v) is 11.7. The molecule has 9 heteroatoms. The van der Waals surface area contributed by atoms with E-state index in [-0.39, 0.29) is 23.8 Å². The lowest BCUT2D eigenvalue weighted by molar-refractivity contribution is -0.150. The minimum absolute atomic E-state index is 0.188. The average molecular weight is 459 g/mol. The highest BCUT2D eigenvalue weighted by atomic mass is 16.5. The second-order valence-corrected chi connectivity index (χ2v) is 9.76. The van der Waals surface area contributed by atoms with E-state index in [9.17, 15) is 14.4 Å². The maximum absolute atomic E-state index is 13.6. The van der Waals surface area contributed by atoms with Crippen molar-refractivity contribution in [2.24, 2.45) is 5.41 Å². The highest BCUT2D eigenvalue weighted by molar-refractivity contribution is 5.94. The Morgan fingerprint density at radius 2 is 1.85 bits per heavy atom. The highest BCUT2D eigenvalue weighted by Gasteiger charge is 2.55. The van der Waals surface area contributed by atoms with Crippen LogP contribution in [0.15, 0.2) is 24.3 Å². The fourth-order valence-corrected chi connectivity index (χ4v) is 5.02. The van der Waals surface area contributed by atoms with Crippen LogP contribution >= 0.6 is 0 Å². The number of nitrogens with one attached hydrogen (secondary N) is 3. The van der Waals surface area contributed by atoms with Gasteiger partial charge in [-0.1, -0.05) is 32.0 Å². The van der Waals surface area contributed by atoms with Crippen LogP contribution in [0.1, 0.15) is 51.6 Å². The van der Waals surface area contributed by atoms with Crippen LogP contribution in [0.5, 0.6) is 5.75 Å². The first kappa shape index (κ1) is 23.5. The summed E-state index contributed by atoms with van der Waals surface area (Å²) < 4.78 is 11.7. The largest absolute Gasteiger partial charge is 0.493 e. The summed E-state index contributed by atoms with van der Waals surface area (Å²) in [5, 5.41) is 8.88. The monoisotopic (exact) mass is 458 g/mol. The summed E-state index contributed by atoms with van der Waals surface area (Å²) in [4.78, 5) is 41.2. The van der Waals surface area contributed by atoms with Crippen molar-refractivity contribution in [2.45, 2.75) is 70.4 Å². The van der Waals surface area contributed by atoms with Crippen molar-refractivity contribution >= 4 is 17.7 Å². The van der Waals surface area contributed by atoms with Gasteiger partial charge < -0.3 is 30.3 Å². The fraction of sp³-hybridized carbons (Fsp3) is 0.625. The molecule has 1 aromatic rings. The molecule has 0 spiro atoms. The summed E-state index contributed by atoms with van der Waals surface area (Å²) in [6.45, 7) is 6.55. The standard InChI is InChI=1S/C24H34N4O5/c1-14(25-4)21(29)27-17-10-12-33-19-13-24(2,3)20(28(19)23(17)31)22(30)26-16-9-11-32-18-8-6-5-7-15(16)18/h5-8,14,16-17,19-20,25H,9-13H2,1-4H3,(H,26,30)(H,27,29)/t14-,16?,17-,19-,20+/m0/s1. The van der Waals surface area contributed by atoms with Crippen molar-refractivity contribution in [3.8, 4) is 5.75 Å². The minimum Gasteiger partial charge on any atom is -0.493 e. The number of fused-ring (bicyclic) bond motifs is 2. The molecule has 1 aromatic carbocycles. The number of rotatable bonds is 5. The van der Waals surface area contributed by atoms with Crippen LogP contribution in [-0.4, -0.2) is 67.2 Å². The van der Waals surface area contributed by atoms with Crippen LogP contribution in [0.2, 0.25) is 0 Å². The van der Waals surface area contributed by atoms with Gasteiger partial charge in [-0.2, -0.15) is 0 Å². The van der Waals surface area contributed by atoms with Gasteiger partial charge in [0.2, 0.25) is 17.7 Å². The molecule has 2 fully saturated rings. The van der Waals surface area contributed by atoms with E-state index in [1.807, 2.05) is 38.1 Å². The number of ether oxygens (including phenoxy) is 2. The van der Waals surface area contributed by atoms with Crippen LogP contribution in [0.4, 0.5) is 0 Å². The minimum atomic E-state index is -0.730. The van der Waals surface area contributed by atoms with Crippen LogP contribution in [0, 0.1) is 5.41 Å². The molecule has 0 radical (unpaired) electrons. The Bertz CT molecular complexity index is 920. The quantitative estimate of drug-likeness (QED) is 0.610. The van der Waals surface area contributed by atoms with E-state index in [1.165, 1.54) is 0 Å². The zero-order valence-corrected chi connectivity index (χ0v) is 19.7. The van der Waals surface area contributed by atoms with Gasteiger partial charge >= 0.3 is 0 Å². The maximum Gasteiger partial charge on any atom is 0.247 e. The van der Waals surface area contributed by atoms with Gasteiger partial charge in [0.1, 0.15) is 24.1 Å². The third-order valence-electron chi connectivity index (χ3n) is 6.96. The van der Waals surface area contributed by atoms with Crippen LogP contribution in [0.25, 0.3) is 0 Å². The van der Waals surface area contributed by atoms with E-state index in [1.54, 1.807) is 18.9 Å². The fourth-order valence-electron chi connectivity index (χ4n) is 5.02. The first-order valence-electron chi connectivity index (χ1n) is 11.7. The second-order valence-electron chi connectivity index (χ2n) is 9.76. The molecule has 33 heavy (non-hydrogen) atoms. The molecule has 3 aliphatic rings. The summed E-state index contributed by atoms with van der Waals surface area (Å²) in [5.74, 6) is 0.0322. The summed E-state index contributed by atoms with van der Waals surface area (Å²) in [6.07, 6.45) is 1.09. The van der Waals surface area contributed by atoms with Crippen molar-refractivity contribution in [3.63, 3.8) is 0 Å². The molecule has 0 aliphatic carbocycles. The molecule has 3 N–H and O–H groups in total. The van der Waals surface area contributed by atoms with Gasteiger partial charge in [0.05, 0.1) is 25.3 Å². The van der Waals surface area contributed by atoms with Gasteiger partial charge in [-0.25, -0.2) is 0 Å². The number of nitrogens with zero attached hydrogens (tertiary/aromatic N) is 1. The Morgan fingerprint density at radius 3 is 2.61 bits per heavy atom. The molecule has 1 unspecified atom stereocenters. The summed E-state index contributed by atoms with van der Waals surface area (Å²) in [5.41, 5.74) is 0.452. The number of benzene rings is 1. The van der Waals surface area contributed by atoms with Gasteiger partial charge in [-0.15, -0.1) is 0 Å². The number of amides is 3. The summed E-state index contributed by atoms with van der Waals surface area (Å²) in [7, 11) is 1.69. The lowest BCUT2D eigenvalue weighted by Gasteiger charge is -2.35. The van der Waals surface area contributed by atoms with Gasteiger partial charge in [0.15, 0.2) is 0 Å². The van der Waals surface area contributed by atoms with E-state index in [4.69, 9.17) is 9.47 Å². The van der Waals surface area contributed by atoms with E-state index in [0.29, 0.717) is 32.5 Å². The summed E-state index contributed by atoms with van der Waals surface area (Å²) in [6, 6.07) is 5.63. The zero-order valence-electron chi connectivity index (χ0n) is 19.7. The van der Waals surface area contributed by atoms with Crippen molar-refractivity contribution in [2.75, 3.05) is 20.3 Å². The van der Waals surface area contributed by atoms with Gasteiger partial charge in [-0.05, 0) is 31.9 Å². The molecule has 3 amide bonds. The molecule has 3 aliphatic heterocycles. The summed E-state index contributed by atoms with van der Waals surface area (Å²) >= 11 is 0. The number of likely N-dealkylation sites (N-methyl/N-ethyl adjacent to an activating group) is 1. The third kappa shape index (κ3) is 4.56. The maximum atomic E-state index is 13.6. The predicted octanol–water partition coefficient (Wildman–Crippen LogP) is 1.09. The Kier molecular flexibility index (Phi) is 6.63. The smallest absolute Gasteiger partial charge is 0.247 e.